The van der Waals surface area contributed by atoms with Crippen molar-refractivity contribution in [2.45, 2.75) is 31.7 Å². The summed E-state index contributed by atoms with van der Waals surface area (Å²) in [6, 6.07) is 15.8. The summed E-state index contributed by atoms with van der Waals surface area (Å²) in [5.41, 5.74) is 3.62. The Bertz CT molecular complexity index is 573. The van der Waals surface area contributed by atoms with Crippen LogP contribution in [-0.4, -0.2) is 6.04 Å². The van der Waals surface area contributed by atoms with E-state index in [1.807, 2.05) is 6.07 Å². The third-order valence-electron chi connectivity index (χ3n) is 3.96. The molecule has 0 unspecified atom stereocenters. The molecule has 1 aliphatic rings. The highest BCUT2D eigenvalue weighted by Gasteiger charge is 2.30. The Labute approximate surface area is 113 Å². The first-order chi connectivity index (χ1) is 9.22. The Morgan fingerprint density at radius 1 is 1.05 bits per heavy atom. The Morgan fingerprint density at radius 2 is 1.84 bits per heavy atom. The van der Waals surface area contributed by atoms with Crippen LogP contribution in [0.1, 0.15) is 29.9 Å². The number of anilines is 1. The monoisotopic (exact) mass is 255 g/mol. The van der Waals surface area contributed by atoms with E-state index < -0.39 is 0 Å². The largest absolute Gasteiger partial charge is 0.382 e. The van der Waals surface area contributed by atoms with Gasteiger partial charge in [-0.05, 0) is 55.0 Å². The van der Waals surface area contributed by atoms with Gasteiger partial charge < -0.3 is 5.32 Å². The van der Waals surface area contributed by atoms with E-state index >= 15 is 0 Å². The summed E-state index contributed by atoms with van der Waals surface area (Å²) in [5.74, 6) is 0.366. The Morgan fingerprint density at radius 3 is 2.58 bits per heavy atom. The average molecular weight is 255 g/mol. The molecule has 0 amide bonds. The van der Waals surface area contributed by atoms with Gasteiger partial charge in [-0.25, -0.2) is 4.39 Å². The van der Waals surface area contributed by atoms with E-state index in [0.717, 1.165) is 18.4 Å². The van der Waals surface area contributed by atoms with Crippen molar-refractivity contribution in [1.82, 2.24) is 0 Å². The zero-order valence-corrected chi connectivity index (χ0v) is 11.1. The summed E-state index contributed by atoms with van der Waals surface area (Å²) in [5, 5.41) is 3.57. The molecule has 0 aromatic heterocycles. The fourth-order valence-electron chi connectivity index (χ4n) is 2.72. The van der Waals surface area contributed by atoms with Gasteiger partial charge >= 0.3 is 0 Å². The molecule has 0 spiro atoms. The van der Waals surface area contributed by atoms with Gasteiger partial charge in [0.05, 0.1) is 0 Å². The van der Waals surface area contributed by atoms with Crippen LogP contribution in [0.15, 0.2) is 48.5 Å². The molecule has 0 radical (unpaired) electrons. The number of hydrogen-bond donors (Lipinski definition) is 1. The minimum absolute atomic E-state index is 0.132. The number of rotatable bonds is 3. The second-order valence-corrected chi connectivity index (χ2v) is 5.38. The van der Waals surface area contributed by atoms with E-state index in [0.29, 0.717) is 12.0 Å². The van der Waals surface area contributed by atoms with Crippen LogP contribution in [-0.2, 0) is 0 Å². The minimum Gasteiger partial charge on any atom is -0.382 e. The highest BCUT2D eigenvalue weighted by atomic mass is 19.1. The number of aryl methyl sites for hydroxylation is 1. The van der Waals surface area contributed by atoms with Gasteiger partial charge in [-0.3, -0.25) is 0 Å². The average Bonchev–Trinajstić information content (AvgIpc) is 2.35. The van der Waals surface area contributed by atoms with Gasteiger partial charge in [0.25, 0.3) is 0 Å². The number of para-hydroxylation sites is 1. The fraction of sp³-hybridized carbons (Fsp3) is 0.294. The molecular formula is C17H18FN. The van der Waals surface area contributed by atoms with Crippen molar-refractivity contribution in [1.29, 1.82) is 0 Å². The Kier molecular flexibility index (Phi) is 3.24. The number of benzene rings is 2. The van der Waals surface area contributed by atoms with Crippen LogP contribution >= 0.6 is 0 Å². The molecule has 2 heteroatoms. The van der Waals surface area contributed by atoms with Crippen LogP contribution in [0.25, 0.3) is 0 Å². The molecule has 3 rings (SSSR count). The van der Waals surface area contributed by atoms with E-state index in [2.05, 4.69) is 36.5 Å². The normalized spacial score (nSPS) is 21.8. The van der Waals surface area contributed by atoms with E-state index in [9.17, 15) is 4.39 Å². The molecular weight excluding hydrogens is 237 g/mol. The highest BCUT2D eigenvalue weighted by Crippen LogP contribution is 2.38. The summed E-state index contributed by atoms with van der Waals surface area (Å²) in [6.45, 7) is 2.12. The van der Waals surface area contributed by atoms with Crippen molar-refractivity contribution in [3.63, 3.8) is 0 Å². The van der Waals surface area contributed by atoms with E-state index in [1.54, 1.807) is 12.1 Å². The van der Waals surface area contributed by atoms with Gasteiger partial charge in [-0.1, -0.05) is 30.3 Å². The van der Waals surface area contributed by atoms with Crippen LogP contribution in [0.2, 0.25) is 0 Å². The standard InChI is InChI=1S/C17H18FN/c1-12-5-2-3-8-17(12)19-16-10-14(11-16)13-6-4-7-15(18)9-13/h2-9,14,16,19H,10-11H2,1H3. The lowest BCUT2D eigenvalue weighted by atomic mass is 9.75. The molecule has 0 bridgehead atoms. The summed E-state index contributed by atoms with van der Waals surface area (Å²) in [4.78, 5) is 0. The lowest BCUT2D eigenvalue weighted by molar-refractivity contribution is 0.373. The topological polar surface area (TPSA) is 12.0 Å². The molecule has 19 heavy (non-hydrogen) atoms. The van der Waals surface area contributed by atoms with E-state index in [4.69, 9.17) is 0 Å². The first-order valence-corrected chi connectivity index (χ1v) is 6.80. The highest BCUT2D eigenvalue weighted by molar-refractivity contribution is 5.51. The van der Waals surface area contributed by atoms with Gasteiger partial charge in [-0.15, -0.1) is 0 Å². The second kappa shape index (κ2) is 5.04. The molecule has 0 saturated heterocycles. The Balaban J connectivity index is 1.60. The van der Waals surface area contributed by atoms with Crippen molar-refractivity contribution in [3.05, 3.63) is 65.5 Å². The first kappa shape index (κ1) is 12.2. The lowest BCUT2D eigenvalue weighted by Gasteiger charge is -2.37. The summed E-state index contributed by atoms with van der Waals surface area (Å²) in [7, 11) is 0. The molecule has 2 aromatic carbocycles. The van der Waals surface area contributed by atoms with Crippen LogP contribution in [0.3, 0.4) is 0 Å². The molecule has 98 valence electrons. The van der Waals surface area contributed by atoms with Crippen LogP contribution < -0.4 is 5.32 Å². The third kappa shape index (κ3) is 2.62. The first-order valence-electron chi connectivity index (χ1n) is 6.80. The minimum atomic E-state index is -0.132. The van der Waals surface area contributed by atoms with Crippen molar-refractivity contribution >= 4 is 5.69 Å². The molecule has 1 N–H and O–H groups in total. The van der Waals surface area contributed by atoms with Crippen LogP contribution in [0, 0.1) is 12.7 Å². The zero-order valence-electron chi connectivity index (χ0n) is 11.1. The maximum absolute atomic E-state index is 13.2. The van der Waals surface area contributed by atoms with Crippen LogP contribution in [0.4, 0.5) is 10.1 Å². The molecule has 1 saturated carbocycles. The Hall–Kier alpha value is -1.83. The van der Waals surface area contributed by atoms with Gasteiger partial charge in [0, 0.05) is 11.7 Å². The van der Waals surface area contributed by atoms with E-state index in [-0.39, 0.29) is 5.82 Å². The quantitative estimate of drug-likeness (QED) is 0.852. The van der Waals surface area contributed by atoms with Crippen molar-refractivity contribution < 1.29 is 4.39 Å². The summed E-state index contributed by atoms with van der Waals surface area (Å²) >= 11 is 0. The number of hydrogen-bond acceptors (Lipinski definition) is 1. The van der Waals surface area contributed by atoms with Gasteiger partial charge in [0.1, 0.15) is 5.82 Å². The van der Waals surface area contributed by atoms with Gasteiger partial charge in [0.15, 0.2) is 0 Å². The van der Waals surface area contributed by atoms with Gasteiger partial charge in [-0.2, -0.15) is 0 Å². The molecule has 0 heterocycles. The van der Waals surface area contributed by atoms with Crippen LogP contribution in [0.5, 0.6) is 0 Å². The molecule has 2 aromatic rings. The smallest absolute Gasteiger partial charge is 0.123 e. The van der Waals surface area contributed by atoms with Gasteiger partial charge in [0.2, 0.25) is 0 Å². The molecule has 1 fully saturated rings. The maximum atomic E-state index is 13.2. The molecule has 1 aliphatic carbocycles. The maximum Gasteiger partial charge on any atom is 0.123 e. The summed E-state index contributed by atoms with van der Waals surface area (Å²) < 4.78 is 13.2. The molecule has 0 atom stereocenters. The van der Waals surface area contributed by atoms with Crippen molar-refractivity contribution in [2.75, 3.05) is 5.32 Å². The predicted octanol–water partition coefficient (Wildman–Crippen LogP) is 4.49. The molecule has 1 nitrogen and oxygen atoms in total. The number of halogens is 1. The third-order valence-corrected chi connectivity index (χ3v) is 3.96. The zero-order chi connectivity index (χ0) is 13.2. The van der Waals surface area contributed by atoms with E-state index in [1.165, 1.54) is 17.3 Å². The lowest BCUT2D eigenvalue weighted by Crippen LogP contribution is -2.34. The summed E-state index contributed by atoms with van der Waals surface area (Å²) in [6.07, 6.45) is 2.16. The van der Waals surface area contributed by atoms with Crippen molar-refractivity contribution in [2.24, 2.45) is 0 Å². The SMILES string of the molecule is Cc1ccccc1NC1CC(c2cccc(F)c2)C1. The number of nitrogens with one attached hydrogen (secondary N) is 1. The predicted molar refractivity (Wildman–Crippen MR) is 77.0 cm³/mol. The van der Waals surface area contributed by atoms with Crippen molar-refractivity contribution in [3.8, 4) is 0 Å². The second-order valence-electron chi connectivity index (χ2n) is 5.38. The fourth-order valence-corrected chi connectivity index (χ4v) is 2.72. The molecule has 0 aliphatic heterocycles.